The Hall–Kier alpha value is -0.830. The number of carbonyl (C=O) groups is 1. The first-order valence-corrected chi connectivity index (χ1v) is 14.8. The molecule has 0 radical (unpaired) electrons. The van der Waals surface area contributed by atoms with E-state index in [-0.39, 0.29) is 75.4 Å². The number of halogens is 6. The van der Waals surface area contributed by atoms with Crippen LogP contribution in [0.2, 0.25) is 0 Å². The maximum Gasteiger partial charge on any atom is 0.403 e. The molecule has 0 spiro atoms. The first-order valence-electron chi connectivity index (χ1n) is 14.8. The van der Waals surface area contributed by atoms with Crippen molar-refractivity contribution in [3.63, 3.8) is 0 Å². The number of Topliss-reactive ketones (excluding diaryl/α,β-unsaturated/α-hetero) is 1. The summed E-state index contributed by atoms with van der Waals surface area (Å²) in [6, 6.07) is 0. The van der Waals surface area contributed by atoms with E-state index in [9.17, 15) is 36.2 Å². The molecular weight excluding hydrogens is 510 g/mol. The van der Waals surface area contributed by atoms with Crippen LogP contribution in [-0.2, 0) is 9.53 Å². The molecule has 4 aliphatic rings. The standard InChI is InChI=1S/C29H44F6O3/c1-18-2-4-19(5-3-18)26(37)20-6-14-24(15-7-20)38-25-16-10-22(11-17-25)27(28(30,31)32,29(33,34)35)21-8-12-23(36)13-9-21/h18-25,36H,2-17H2,1H3. The quantitative estimate of drug-likeness (QED) is 0.337. The Balaban J connectivity index is 1.32. The van der Waals surface area contributed by atoms with E-state index in [1.807, 2.05) is 0 Å². The van der Waals surface area contributed by atoms with E-state index in [0.29, 0.717) is 11.7 Å². The molecule has 0 heterocycles. The van der Waals surface area contributed by atoms with Crippen molar-refractivity contribution in [3.8, 4) is 0 Å². The zero-order chi connectivity index (χ0) is 27.7. The maximum absolute atomic E-state index is 14.4. The van der Waals surface area contributed by atoms with Crippen molar-refractivity contribution in [1.29, 1.82) is 0 Å². The predicted molar refractivity (Wildman–Crippen MR) is 131 cm³/mol. The number of hydrogen-bond acceptors (Lipinski definition) is 3. The number of hydrogen-bond donors (Lipinski definition) is 1. The van der Waals surface area contributed by atoms with Gasteiger partial charge in [0, 0.05) is 11.8 Å². The number of carbonyl (C=O) groups excluding carboxylic acids is 1. The lowest BCUT2D eigenvalue weighted by molar-refractivity contribution is -0.383. The molecule has 0 aromatic carbocycles. The Morgan fingerprint density at radius 3 is 1.39 bits per heavy atom. The zero-order valence-corrected chi connectivity index (χ0v) is 22.5. The van der Waals surface area contributed by atoms with Gasteiger partial charge in [0.2, 0.25) is 0 Å². The predicted octanol–water partition coefficient (Wildman–Crippen LogP) is 8.18. The summed E-state index contributed by atoms with van der Waals surface area (Å²) in [4.78, 5) is 13.0. The van der Waals surface area contributed by atoms with Gasteiger partial charge in [-0.05, 0) is 108 Å². The molecule has 0 bridgehead atoms. The second kappa shape index (κ2) is 12.0. The lowest BCUT2D eigenvalue weighted by Gasteiger charge is -2.51. The third kappa shape index (κ3) is 6.23. The van der Waals surface area contributed by atoms with E-state index in [2.05, 4.69) is 6.92 Å². The molecule has 0 aliphatic heterocycles. The van der Waals surface area contributed by atoms with Crippen LogP contribution in [0.4, 0.5) is 26.3 Å². The highest BCUT2D eigenvalue weighted by Crippen LogP contribution is 2.64. The summed E-state index contributed by atoms with van der Waals surface area (Å²) in [5.41, 5.74) is -3.74. The highest BCUT2D eigenvalue weighted by Gasteiger charge is 2.76. The summed E-state index contributed by atoms with van der Waals surface area (Å²) in [6.45, 7) is 2.23. The molecule has 0 aromatic heterocycles. The summed E-state index contributed by atoms with van der Waals surface area (Å²) in [5, 5.41) is 9.72. The lowest BCUT2D eigenvalue weighted by Crippen LogP contribution is -2.60. The van der Waals surface area contributed by atoms with Gasteiger partial charge in [0.25, 0.3) is 0 Å². The summed E-state index contributed by atoms with van der Waals surface area (Å²) in [7, 11) is 0. The number of ether oxygens (including phenoxy) is 1. The van der Waals surface area contributed by atoms with Gasteiger partial charge in [0.15, 0.2) is 5.41 Å². The number of rotatable bonds is 6. The molecule has 0 unspecified atom stereocenters. The van der Waals surface area contributed by atoms with Gasteiger partial charge in [-0.2, -0.15) is 26.3 Å². The monoisotopic (exact) mass is 554 g/mol. The maximum atomic E-state index is 14.4. The Kier molecular flexibility index (Phi) is 9.48. The van der Waals surface area contributed by atoms with Gasteiger partial charge in [0.1, 0.15) is 5.78 Å². The molecule has 4 rings (SSSR count). The molecule has 220 valence electrons. The average Bonchev–Trinajstić information content (AvgIpc) is 2.85. The van der Waals surface area contributed by atoms with Crippen LogP contribution < -0.4 is 0 Å². The van der Waals surface area contributed by atoms with E-state index >= 15 is 0 Å². The van der Waals surface area contributed by atoms with Crippen molar-refractivity contribution in [2.75, 3.05) is 0 Å². The van der Waals surface area contributed by atoms with Crippen LogP contribution >= 0.6 is 0 Å². The van der Waals surface area contributed by atoms with Crippen LogP contribution in [0.1, 0.15) is 110 Å². The first kappa shape index (κ1) is 30.1. The molecule has 4 aliphatic carbocycles. The second-order valence-corrected chi connectivity index (χ2v) is 12.8. The zero-order valence-electron chi connectivity index (χ0n) is 22.5. The molecule has 1 N–H and O–H groups in total. The van der Waals surface area contributed by atoms with Gasteiger partial charge in [-0.25, -0.2) is 0 Å². The van der Waals surface area contributed by atoms with E-state index in [4.69, 9.17) is 4.74 Å². The summed E-state index contributed by atoms with van der Waals surface area (Å²) >= 11 is 0. The third-order valence-corrected chi connectivity index (χ3v) is 10.5. The third-order valence-electron chi connectivity index (χ3n) is 10.5. The minimum Gasteiger partial charge on any atom is -0.393 e. The molecule has 0 atom stereocenters. The fourth-order valence-electron chi connectivity index (χ4n) is 8.24. The molecule has 3 nitrogen and oxygen atoms in total. The SMILES string of the molecule is CC1CCC(C(=O)C2CCC(OC3CCC(C(C4CCC(O)CC4)(C(F)(F)F)C(F)(F)F)CC3)CC2)CC1. The Bertz CT molecular complexity index is 750. The van der Waals surface area contributed by atoms with Gasteiger partial charge in [0.05, 0.1) is 18.3 Å². The fourth-order valence-corrected chi connectivity index (χ4v) is 8.24. The smallest absolute Gasteiger partial charge is 0.393 e. The Morgan fingerprint density at radius 2 is 0.974 bits per heavy atom. The van der Waals surface area contributed by atoms with Crippen LogP contribution in [0.15, 0.2) is 0 Å². The summed E-state index contributed by atoms with van der Waals surface area (Å²) < 4.78 is 92.7. The van der Waals surface area contributed by atoms with Crippen molar-refractivity contribution >= 4 is 5.78 Å². The molecule has 9 heteroatoms. The number of ketones is 1. The Morgan fingerprint density at radius 1 is 0.605 bits per heavy atom. The molecule has 4 saturated carbocycles. The van der Waals surface area contributed by atoms with E-state index in [1.54, 1.807) is 0 Å². The summed E-state index contributed by atoms with van der Waals surface area (Å²) in [5.74, 6) is -1.81. The molecule has 0 amide bonds. The van der Waals surface area contributed by atoms with Gasteiger partial charge in [-0.3, -0.25) is 4.79 Å². The van der Waals surface area contributed by atoms with Crippen molar-refractivity contribution in [3.05, 3.63) is 0 Å². The highest BCUT2D eigenvalue weighted by molar-refractivity contribution is 5.83. The molecular formula is C29H44F6O3. The molecule has 38 heavy (non-hydrogen) atoms. The van der Waals surface area contributed by atoms with E-state index in [1.165, 1.54) is 0 Å². The number of alkyl halides is 6. The number of aliphatic hydroxyl groups is 1. The molecule has 4 fully saturated rings. The number of aliphatic hydroxyl groups excluding tert-OH is 1. The van der Waals surface area contributed by atoms with Crippen LogP contribution in [0.25, 0.3) is 0 Å². The minimum absolute atomic E-state index is 0.0257. The van der Waals surface area contributed by atoms with E-state index < -0.39 is 35.7 Å². The molecule has 0 aromatic rings. The van der Waals surface area contributed by atoms with Crippen LogP contribution in [-0.4, -0.2) is 41.6 Å². The van der Waals surface area contributed by atoms with Crippen molar-refractivity contribution < 1.29 is 41.0 Å². The summed E-state index contributed by atoms with van der Waals surface area (Å²) in [6.07, 6.45) is -5.51. The molecule has 0 saturated heterocycles. The second-order valence-electron chi connectivity index (χ2n) is 12.8. The van der Waals surface area contributed by atoms with Crippen molar-refractivity contribution in [2.24, 2.45) is 35.0 Å². The minimum atomic E-state index is -5.40. The van der Waals surface area contributed by atoms with Crippen LogP contribution in [0.5, 0.6) is 0 Å². The van der Waals surface area contributed by atoms with Crippen LogP contribution in [0.3, 0.4) is 0 Å². The first-order chi connectivity index (χ1) is 17.8. The average molecular weight is 555 g/mol. The van der Waals surface area contributed by atoms with E-state index in [0.717, 1.165) is 51.4 Å². The normalized spacial score (nSPS) is 38.1. The van der Waals surface area contributed by atoms with Crippen LogP contribution in [0, 0.1) is 35.0 Å². The van der Waals surface area contributed by atoms with Gasteiger partial charge < -0.3 is 9.84 Å². The largest absolute Gasteiger partial charge is 0.403 e. The van der Waals surface area contributed by atoms with Gasteiger partial charge in [-0.1, -0.05) is 19.8 Å². The lowest BCUT2D eigenvalue weighted by atomic mass is 9.57. The highest BCUT2D eigenvalue weighted by atomic mass is 19.4. The Labute approximate surface area is 222 Å². The van der Waals surface area contributed by atoms with Gasteiger partial charge in [-0.15, -0.1) is 0 Å². The van der Waals surface area contributed by atoms with Gasteiger partial charge >= 0.3 is 12.4 Å². The van der Waals surface area contributed by atoms with Crippen molar-refractivity contribution in [2.45, 2.75) is 140 Å². The van der Waals surface area contributed by atoms with Crippen molar-refractivity contribution in [1.82, 2.24) is 0 Å². The fraction of sp³-hybridized carbons (Fsp3) is 0.966. The topological polar surface area (TPSA) is 46.5 Å².